The van der Waals surface area contributed by atoms with Crippen LogP contribution in [0.4, 0.5) is 0 Å². The molecule has 1 saturated heterocycles. The van der Waals surface area contributed by atoms with E-state index < -0.39 is 12.0 Å². The Morgan fingerprint density at radius 1 is 1.38 bits per heavy atom. The number of rotatable bonds is 3. The highest BCUT2D eigenvalue weighted by atomic mass is 32.2. The monoisotopic (exact) mass is 223 g/mol. The van der Waals surface area contributed by atoms with Crippen molar-refractivity contribution in [3.05, 3.63) is 0 Å². The third kappa shape index (κ3) is 3.38. The molecule has 13 heavy (non-hydrogen) atoms. The molecule has 0 bridgehead atoms. The van der Waals surface area contributed by atoms with Crippen molar-refractivity contribution in [2.45, 2.75) is 6.04 Å². The van der Waals surface area contributed by atoms with Gasteiger partial charge in [-0.2, -0.15) is 0 Å². The number of aliphatic hydroxyl groups excluding tert-OH is 1. The molecule has 1 rings (SSSR count). The van der Waals surface area contributed by atoms with Crippen LogP contribution in [0.5, 0.6) is 0 Å². The Hall–Kier alpha value is 0.0900. The molecule has 1 aliphatic rings. The third-order valence-corrected chi connectivity index (χ3v) is 4.06. The van der Waals surface area contributed by atoms with Crippen molar-refractivity contribution in [3.8, 4) is 0 Å². The molecular weight excluding hydrogens is 210 g/mol. The molecule has 1 fully saturated rings. The zero-order chi connectivity index (χ0) is 9.68. The molecule has 0 aromatic heterocycles. The van der Waals surface area contributed by atoms with Gasteiger partial charge in [-0.1, -0.05) is 0 Å². The maximum absolute atomic E-state index is 10.7. The lowest BCUT2D eigenvalue weighted by Gasteiger charge is -2.24. The Morgan fingerprint density at radius 2 is 1.92 bits per heavy atom. The molecule has 1 aliphatic heterocycles. The molecule has 0 aliphatic carbocycles. The SMILES string of the molecule is O=C(O)C(CO)N1CSCCSC1. The first-order valence-electron chi connectivity index (χ1n) is 3.99. The van der Waals surface area contributed by atoms with Crippen LogP contribution in [0.15, 0.2) is 0 Å². The molecule has 6 heteroatoms. The molecular formula is C7H13NO3S2. The Balaban J connectivity index is 2.50. The van der Waals surface area contributed by atoms with Gasteiger partial charge in [-0.25, -0.2) is 0 Å². The average molecular weight is 223 g/mol. The molecule has 0 aromatic rings. The number of thioether (sulfide) groups is 2. The van der Waals surface area contributed by atoms with Crippen molar-refractivity contribution in [1.82, 2.24) is 4.90 Å². The maximum Gasteiger partial charge on any atom is 0.323 e. The lowest BCUT2D eigenvalue weighted by atomic mass is 10.3. The molecule has 0 saturated carbocycles. The van der Waals surface area contributed by atoms with E-state index in [1.807, 2.05) is 0 Å². The van der Waals surface area contributed by atoms with Crippen molar-refractivity contribution in [1.29, 1.82) is 0 Å². The lowest BCUT2D eigenvalue weighted by molar-refractivity contribution is -0.143. The summed E-state index contributed by atoms with van der Waals surface area (Å²) in [5, 5.41) is 17.7. The van der Waals surface area contributed by atoms with Gasteiger partial charge in [0.25, 0.3) is 0 Å². The Bertz CT molecular complexity index is 171. The largest absolute Gasteiger partial charge is 0.480 e. The number of carbonyl (C=O) groups is 1. The minimum atomic E-state index is -0.939. The quantitative estimate of drug-likeness (QED) is 0.709. The number of aliphatic hydroxyl groups is 1. The van der Waals surface area contributed by atoms with Crippen molar-refractivity contribution < 1.29 is 15.0 Å². The number of carboxylic acid groups (broad SMARTS) is 1. The first kappa shape index (κ1) is 11.2. The molecule has 4 nitrogen and oxygen atoms in total. The van der Waals surface area contributed by atoms with Crippen LogP contribution in [0.2, 0.25) is 0 Å². The van der Waals surface area contributed by atoms with Crippen molar-refractivity contribution in [2.24, 2.45) is 0 Å². The Morgan fingerprint density at radius 3 is 2.31 bits per heavy atom. The van der Waals surface area contributed by atoms with Crippen molar-refractivity contribution >= 4 is 29.5 Å². The van der Waals surface area contributed by atoms with Crippen LogP contribution in [0.25, 0.3) is 0 Å². The number of carboxylic acids is 1. The van der Waals surface area contributed by atoms with Gasteiger partial charge in [0.1, 0.15) is 6.04 Å². The fraction of sp³-hybridized carbons (Fsp3) is 0.857. The standard InChI is InChI=1S/C7H13NO3S2/c9-3-6(7(10)11)8-4-12-1-2-13-5-8/h6,9H,1-5H2,(H,10,11). The van der Waals surface area contributed by atoms with Gasteiger partial charge in [0.2, 0.25) is 0 Å². The summed E-state index contributed by atoms with van der Waals surface area (Å²) in [7, 11) is 0. The zero-order valence-corrected chi connectivity index (χ0v) is 8.81. The van der Waals surface area contributed by atoms with Gasteiger partial charge < -0.3 is 10.2 Å². The highest BCUT2D eigenvalue weighted by Crippen LogP contribution is 2.19. The molecule has 1 atom stereocenters. The predicted molar refractivity (Wildman–Crippen MR) is 55.0 cm³/mol. The van der Waals surface area contributed by atoms with E-state index >= 15 is 0 Å². The number of aliphatic carboxylic acids is 1. The van der Waals surface area contributed by atoms with Gasteiger partial charge >= 0.3 is 5.97 Å². The molecule has 1 unspecified atom stereocenters. The molecule has 0 spiro atoms. The fourth-order valence-electron chi connectivity index (χ4n) is 1.05. The Kier molecular flexibility index (Phi) is 4.93. The normalized spacial score (nSPS) is 22.2. The maximum atomic E-state index is 10.7. The third-order valence-electron chi connectivity index (χ3n) is 1.78. The smallest absolute Gasteiger partial charge is 0.323 e. The van der Waals surface area contributed by atoms with Crippen LogP contribution in [-0.4, -0.2) is 57.0 Å². The second-order valence-corrected chi connectivity index (χ2v) is 4.85. The molecule has 0 amide bonds. The second kappa shape index (κ2) is 5.74. The van der Waals surface area contributed by atoms with E-state index in [-0.39, 0.29) is 6.61 Å². The summed E-state index contributed by atoms with van der Waals surface area (Å²) in [4.78, 5) is 12.5. The van der Waals surface area contributed by atoms with Gasteiger partial charge in [0, 0.05) is 23.3 Å². The summed E-state index contributed by atoms with van der Waals surface area (Å²) < 4.78 is 0. The van der Waals surface area contributed by atoms with Gasteiger partial charge in [0.05, 0.1) is 6.61 Å². The van der Waals surface area contributed by atoms with Crippen LogP contribution >= 0.6 is 23.5 Å². The van der Waals surface area contributed by atoms with E-state index in [4.69, 9.17) is 10.2 Å². The van der Waals surface area contributed by atoms with E-state index in [2.05, 4.69) is 0 Å². The van der Waals surface area contributed by atoms with Crippen LogP contribution in [-0.2, 0) is 4.79 Å². The number of hydrogen-bond acceptors (Lipinski definition) is 5. The van der Waals surface area contributed by atoms with E-state index in [9.17, 15) is 4.79 Å². The van der Waals surface area contributed by atoms with E-state index in [0.717, 1.165) is 11.5 Å². The summed E-state index contributed by atoms with van der Waals surface area (Å²) in [6.45, 7) is -0.309. The molecule has 0 radical (unpaired) electrons. The molecule has 2 N–H and O–H groups in total. The topological polar surface area (TPSA) is 60.8 Å². The van der Waals surface area contributed by atoms with Gasteiger partial charge in [-0.3, -0.25) is 9.69 Å². The summed E-state index contributed by atoms with van der Waals surface area (Å²) in [6.07, 6.45) is 0. The molecule has 1 heterocycles. The summed E-state index contributed by atoms with van der Waals surface area (Å²) >= 11 is 3.43. The summed E-state index contributed by atoms with van der Waals surface area (Å²) in [6, 6.07) is -0.738. The van der Waals surface area contributed by atoms with Crippen molar-refractivity contribution in [3.63, 3.8) is 0 Å². The van der Waals surface area contributed by atoms with Gasteiger partial charge in [-0.05, 0) is 0 Å². The van der Waals surface area contributed by atoms with Crippen LogP contribution < -0.4 is 0 Å². The first-order valence-corrected chi connectivity index (χ1v) is 6.30. The van der Waals surface area contributed by atoms with E-state index in [1.54, 1.807) is 28.4 Å². The van der Waals surface area contributed by atoms with Crippen LogP contribution in [0, 0.1) is 0 Å². The lowest BCUT2D eigenvalue weighted by Crippen LogP contribution is -2.43. The van der Waals surface area contributed by atoms with Crippen LogP contribution in [0.3, 0.4) is 0 Å². The minimum absolute atomic E-state index is 0.309. The number of hydrogen-bond donors (Lipinski definition) is 2. The van der Waals surface area contributed by atoms with E-state index in [0.29, 0.717) is 11.8 Å². The van der Waals surface area contributed by atoms with Gasteiger partial charge in [-0.15, -0.1) is 23.5 Å². The summed E-state index contributed by atoms with van der Waals surface area (Å²) in [5.41, 5.74) is 0. The Labute approximate surface area is 85.7 Å². The van der Waals surface area contributed by atoms with E-state index in [1.165, 1.54) is 0 Å². The number of nitrogens with zero attached hydrogens (tertiary/aromatic N) is 1. The second-order valence-electron chi connectivity index (χ2n) is 2.70. The fourth-order valence-corrected chi connectivity index (χ4v) is 3.38. The van der Waals surface area contributed by atoms with Crippen LogP contribution in [0.1, 0.15) is 0 Å². The molecule has 76 valence electrons. The average Bonchev–Trinajstić information content (AvgIpc) is 2.33. The summed E-state index contributed by atoms with van der Waals surface area (Å²) in [5.74, 6) is 2.57. The van der Waals surface area contributed by atoms with Crippen molar-refractivity contribution in [2.75, 3.05) is 29.9 Å². The predicted octanol–water partition coefficient (Wildman–Crippen LogP) is 0.129. The van der Waals surface area contributed by atoms with Gasteiger partial charge in [0.15, 0.2) is 0 Å². The highest BCUT2D eigenvalue weighted by molar-refractivity contribution is 8.03. The minimum Gasteiger partial charge on any atom is -0.480 e. The molecule has 0 aromatic carbocycles. The zero-order valence-electron chi connectivity index (χ0n) is 7.18. The highest BCUT2D eigenvalue weighted by Gasteiger charge is 2.25. The first-order chi connectivity index (χ1) is 6.25.